The van der Waals surface area contributed by atoms with Crippen LogP contribution in [-0.2, 0) is 16.1 Å². The quantitative estimate of drug-likeness (QED) is 0.407. The van der Waals surface area contributed by atoms with Gasteiger partial charge in [0, 0.05) is 22.1 Å². The zero-order chi connectivity index (χ0) is 22.8. The summed E-state index contributed by atoms with van der Waals surface area (Å²) < 4.78 is 0. The Morgan fingerprint density at radius 2 is 1.62 bits per heavy atom. The number of hydrogen-bond acceptors (Lipinski definition) is 6. The molecule has 0 bridgehead atoms. The summed E-state index contributed by atoms with van der Waals surface area (Å²) in [6.45, 7) is 5.81. The first-order chi connectivity index (χ1) is 15.3. The number of hydrogen-bond donors (Lipinski definition) is 1. The Labute approximate surface area is 195 Å². The van der Waals surface area contributed by atoms with Crippen molar-refractivity contribution in [1.29, 1.82) is 0 Å². The molecule has 32 heavy (non-hydrogen) atoms. The van der Waals surface area contributed by atoms with Gasteiger partial charge in [0.05, 0.1) is 6.54 Å². The van der Waals surface area contributed by atoms with E-state index >= 15 is 0 Å². The Balaban J connectivity index is 1.73. The lowest BCUT2D eigenvalue weighted by Crippen LogP contribution is -2.32. The number of nitrogens with one attached hydrogen (secondary N) is 1. The van der Waals surface area contributed by atoms with Gasteiger partial charge in [-0.1, -0.05) is 48.0 Å². The molecule has 2 aromatic carbocycles. The molecule has 0 fully saturated rings. The Morgan fingerprint density at radius 1 is 0.938 bits per heavy atom. The summed E-state index contributed by atoms with van der Waals surface area (Å²) in [5, 5.41) is 4.10. The highest BCUT2D eigenvalue weighted by Crippen LogP contribution is 2.36. The smallest absolute Gasteiger partial charge is 0.278 e. The molecule has 8 heteroatoms. The third-order valence-corrected chi connectivity index (χ3v) is 6.11. The van der Waals surface area contributed by atoms with Crippen molar-refractivity contribution in [3.05, 3.63) is 92.7 Å². The van der Waals surface area contributed by atoms with Crippen LogP contribution in [0.1, 0.15) is 22.5 Å². The first-order valence-corrected chi connectivity index (χ1v) is 11.2. The molecule has 0 unspecified atom stereocenters. The third kappa shape index (κ3) is 4.69. The van der Waals surface area contributed by atoms with E-state index in [4.69, 9.17) is 11.6 Å². The van der Waals surface area contributed by atoms with Gasteiger partial charge in [-0.3, -0.25) is 14.5 Å². The van der Waals surface area contributed by atoms with Gasteiger partial charge in [0.2, 0.25) is 0 Å². The van der Waals surface area contributed by atoms with Gasteiger partial charge in [-0.2, -0.15) is 0 Å². The molecule has 162 valence electrons. The van der Waals surface area contributed by atoms with Crippen LogP contribution in [0.4, 0.5) is 5.69 Å². The lowest BCUT2D eigenvalue weighted by atomic mass is 10.2. The minimum Gasteiger partial charge on any atom is -0.350 e. The van der Waals surface area contributed by atoms with Gasteiger partial charge in [0.25, 0.3) is 11.8 Å². The van der Waals surface area contributed by atoms with E-state index in [2.05, 4.69) is 15.3 Å². The Kier molecular flexibility index (Phi) is 6.30. The van der Waals surface area contributed by atoms with E-state index in [1.807, 2.05) is 63.2 Å². The number of halogens is 1. The average molecular weight is 465 g/mol. The summed E-state index contributed by atoms with van der Waals surface area (Å²) in [6, 6.07) is 16.6. The van der Waals surface area contributed by atoms with Crippen LogP contribution in [0.2, 0.25) is 5.02 Å². The van der Waals surface area contributed by atoms with Crippen molar-refractivity contribution in [3.8, 4) is 0 Å². The maximum Gasteiger partial charge on any atom is 0.278 e. The summed E-state index contributed by atoms with van der Waals surface area (Å²) in [4.78, 5) is 37.1. The van der Waals surface area contributed by atoms with Crippen LogP contribution >= 0.6 is 23.4 Å². The number of rotatable bonds is 6. The second kappa shape index (κ2) is 9.14. The van der Waals surface area contributed by atoms with Crippen LogP contribution < -0.4 is 5.32 Å². The van der Waals surface area contributed by atoms with Gasteiger partial charge in [-0.25, -0.2) is 9.97 Å². The zero-order valence-corrected chi connectivity index (χ0v) is 19.4. The van der Waals surface area contributed by atoms with Gasteiger partial charge in [0.1, 0.15) is 10.6 Å². The molecule has 0 saturated heterocycles. The molecule has 6 nitrogen and oxygen atoms in total. The van der Waals surface area contributed by atoms with Crippen molar-refractivity contribution in [2.24, 2.45) is 0 Å². The van der Waals surface area contributed by atoms with E-state index in [0.717, 1.165) is 34.3 Å². The van der Waals surface area contributed by atoms with Crippen molar-refractivity contribution in [2.75, 3.05) is 5.32 Å². The fourth-order valence-electron chi connectivity index (χ4n) is 3.36. The number of amides is 2. The van der Waals surface area contributed by atoms with E-state index in [9.17, 15) is 9.59 Å². The number of carbonyl (C=O) groups excluding carboxylic acids is 2. The van der Waals surface area contributed by atoms with E-state index in [1.165, 1.54) is 4.90 Å². The molecule has 1 aliphatic rings. The summed E-state index contributed by atoms with van der Waals surface area (Å²) in [7, 11) is 0. The lowest BCUT2D eigenvalue weighted by Gasteiger charge is -2.15. The Morgan fingerprint density at radius 3 is 2.31 bits per heavy atom. The largest absolute Gasteiger partial charge is 0.350 e. The molecule has 1 aromatic heterocycles. The van der Waals surface area contributed by atoms with Gasteiger partial charge in [-0.05, 0) is 61.9 Å². The molecule has 4 rings (SSSR count). The number of anilines is 1. The monoisotopic (exact) mass is 464 g/mol. The zero-order valence-electron chi connectivity index (χ0n) is 17.8. The van der Waals surface area contributed by atoms with Crippen LogP contribution in [0.5, 0.6) is 0 Å². The predicted molar refractivity (Wildman–Crippen MR) is 126 cm³/mol. The Bertz CT molecular complexity index is 1220. The maximum absolute atomic E-state index is 13.4. The first-order valence-electron chi connectivity index (χ1n) is 9.99. The van der Waals surface area contributed by atoms with E-state index < -0.39 is 5.91 Å². The highest BCUT2D eigenvalue weighted by molar-refractivity contribution is 8.04. The molecular weight excluding hydrogens is 444 g/mol. The van der Waals surface area contributed by atoms with E-state index in [1.54, 1.807) is 12.1 Å². The average Bonchev–Trinajstić information content (AvgIpc) is 2.95. The minimum absolute atomic E-state index is 0.177. The molecule has 0 saturated carbocycles. The molecule has 3 aromatic rings. The molecule has 0 atom stereocenters. The van der Waals surface area contributed by atoms with E-state index in [0.29, 0.717) is 15.9 Å². The van der Waals surface area contributed by atoms with E-state index in [-0.39, 0.29) is 23.1 Å². The molecule has 2 amide bonds. The third-order valence-electron chi connectivity index (χ3n) is 4.92. The summed E-state index contributed by atoms with van der Waals surface area (Å²) in [6.07, 6.45) is 0. The summed E-state index contributed by atoms with van der Waals surface area (Å²) in [5.74, 6) is -0.779. The number of carbonyl (C=O) groups is 2. The van der Waals surface area contributed by atoms with Crippen LogP contribution in [-0.4, -0.2) is 26.7 Å². The number of aromatic nitrogens is 2. The molecule has 0 spiro atoms. The van der Waals surface area contributed by atoms with Crippen molar-refractivity contribution in [3.63, 3.8) is 0 Å². The van der Waals surface area contributed by atoms with Gasteiger partial charge in [0.15, 0.2) is 5.16 Å². The van der Waals surface area contributed by atoms with Gasteiger partial charge in [-0.15, -0.1) is 0 Å². The van der Waals surface area contributed by atoms with Crippen LogP contribution in [0.15, 0.2) is 70.4 Å². The lowest BCUT2D eigenvalue weighted by molar-refractivity contribution is -0.137. The number of nitrogens with zero attached hydrogens (tertiary/aromatic N) is 3. The highest BCUT2D eigenvalue weighted by atomic mass is 35.5. The fourth-order valence-corrected chi connectivity index (χ4v) is 4.53. The SMILES string of the molecule is Cc1cc(C)nc(SC2=C(Nc3cc(Cl)ccc3C)C(=O)N(Cc3ccccc3)C2=O)n1. The first kappa shape index (κ1) is 22.0. The molecule has 1 N–H and O–H groups in total. The minimum atomic E-state index is -0.398. The second-order valence-corrected chi connectivity index (χ2v) is 8.92. The standard InChI is InChI=1S/C24H21ClN4O2S/c1-14-9-10-18(25)12-19(14)28-20-21(32-24-26-15(2)11-16(3)27-24)23(31)29(22(20)30)13-17-7-5-4-6-8-17/h4-12,28H,13H2,1-3H3. The molecule has 0 aliphatic carbocycles. The molecular formula is C24H21ClN4O2S. The van der Waals surface area contributed by atoms with Crippen molar-refractivity contribution in [1.82, 2.24) is 14.9 Å². The molecule has 1 aliphatic heterocycles. The number of benzene rings is 2. The normalized spacial score (nSPS) is 13.8. The van der Waals surface area contributed by atoms with Crippen LogP contribution in [0, 0.1) is 20.8 Å². The molecule has 0 radical (unpaired) electrons. The fraction of sp³-hybridized carbons (Fsp3) is 0.167. The van der Waals surface area contributed by atoms with Crippen LogP contribution in [0.25, 0.3) is 0 Å². The topological polar surface area (TPSA) is 75.2 Å². The van der Waals surface area contributed by atoms with Gasteiger partial charge < -0.3 is 5.32 Å². The number of aryl methyl sites for hydroxylation is 3. The summed E-state index contributed by atoms with van der Waals surface area (Å²) in [5.41, 5.74) is 4.20. The number of thioether (sulfide) groups is 1. The second-order valence-electron chi connectivity index (χ2n) is 7.51. The van der Waals surface area contributed by atoms with Gasteiger partial charge >= 0.3 is 0 Å². The predicted octanol–water partition coefficient (Wildman–Crippen LogP) is 5.04. The Hall–Kier alpha value is -3.16. The number of imide groups is 1. The molecule has 2 heterocycles. The highest BCUT2D eigenvalue weighted by Gasteiger charge is 2.39. The maximum atomic E-state index is 13.4. The van der Waals surface area contributed by atoms with Crippen molar-refractivity contribution in [2.45, 2.75) is 32.5 Å². The van der Waals surface area contributed by atoms with Crippen molar-refractivity contribution >= 4 is 40.9 Å². The summed E-state index contributed by atoms with van der Waals surface area (Å²) >= 11 is 7.25. The van der Waals surface area contributed by atoms with Crippen LogP contribution in [0.3, 0.4) is 0 Å². The van der Waals surface area contributed by atoms with Crippen molar-refractivity contribution < 1.29 is 9.59 Å².